The minimum Gasteiger partial charge on any atom is -0.465 e. The monoisotopic (exact) mass is 388 g/mol. The molecule has 0 saturated heterocycles. The molecule has 0 radical (unpaired) electrons. The molecule has 3 rings (SSSR count). The first-order chi connectivity index (χ1) is 13.4. The molecule has 1 aromatic heterocycles. The van der Waals surface area contributed by atoms with Gasteiger partial charge in [-0.1, -0.05) is 12.1 Å². The number of benzene rings is 2. The number of esters is 1. The Balaban J connectivity index is 1.77. The van der Waals surface area contributed by atoms with E-state index in [1.165, 1.54) is 37.7 Å². The van der Waals surface area contributed by atoms with Crippen LogP contribution in [-0.2, 0) is 10.9 Å². The van der Waals surface area contributed by atoms with Crippen LogP contribution >= 0.6 is 0 Å². The van der Waals surface area contributed by atoms with Crippen LogP contribution in [0.1, 0.15) is 15.9 Å². The number of carbonyl (C=O) groups excluding carboxylic acids is 1. The predicted molar refractivity (Wildman–Crippen MR) is 97.8 cm³/mol. The van der Waals surface area contributed by atoms with Gasteiger partial charge < -0.3 is 15.4 Å². The van der Waals surface area contributed by atoms with Gasteiger partial charge in [-0.3, -0.25) is 0 Å². The minimum atomic E-state index is -4.49. The molecule has 6 nitrogen and oxygen atoms in total. The molecule has 0 unspecified atom stereocenters. The Morgan fingerprint density at radius 1 is 0.964 bits per heavy atom. The van der Waals surface area contributed by atoms with Crippen molar-refractivity contribution >= 4 is 29.0 Å². The first kappa shape index (κ1) is 19.2. The molecule has 0 atom stereocenters. The van der Waals surface area contributed by atoms with Gasteiger partial charge in [0, 0.05) is 11.8 Å². The third-order valence-electron chi connectivity index (χ3n) is 3.74. The number of carbonyl (C=O) groups is 1. The van der Waals surface area contributed by atoms with E-state index in [1.807, 2.05) is 0 Å². The lowest BCUT2D eigenvalue weighted by Gasteiger charge is -2.14. The third kappa shape index (κ3) is 4.56. The molecule has 0 fully saturated rings. The molecule has 1 heterocycles. The molecule has 3 aromatic rings. The summed E-state index contributed by atoms with van der Waals surface area (Å²) in [5.41, 5.74) is 0.124. The fraction of sp³-hybridized carbons (Fsp3) is 0.105. The molecule has 0 aliphatic carbocycles. The lowest BCUT2D eigenvalue weighted by Crippen LogP contribution is -2.09. The average Bonchev–Trinajstić information content (AvgIpc) is 2.68. The standard InChI is InChI=1S/C19H15F3N4O2/c1-28-18(27)12-6-8-13(9-7-12)25-16-10-17(24-11-23-16)26-15-5-3-2-4-14(15)19(20,21)22/h2-11H,1H3,(H2,23,24,25,26). The molecule has 2 N–H and O–H groups in total. The zero-order chi connectivity index (χ0) is 20.1. The van der Waals surface area contributed by atoms with E-state index in [2.05, 4.69) is 25.3 Å². The van der Waals surface area contributed by atoms with Gasteiger partial charge in [0.15, 0.2) is 0 Å². The van der Waals surface area contributed by atoms with E-state index in [0.717, 1.165) is 6.07 Å². The Hall–Kier alpha value is -3.62. The maximum Gasteiger partial charge on any atom is 0.418 e. The number of hydrogen-bond donors (Lipinski definition) is 2. The summed E-state index contributed by atoms with van der Waals surface area (Å²) in [6.07, 6.45) is -3.26. The summed E-state index contributed by atoms with van der Waals surface area (Å²) in [6, 6.07) is 13.1. The SMILES string of the molecule is COC(=O)c1ccc(Nc2cc(Nc3ccccc3C(F)(F)F)ncn2)cc1. The van der Waals surface area contributed by atoms with E-state index in [9.17, 15) is 18.0 Å². The van der Waals surface area contributed by atoms with E-state index < -0.39 is 17.7 Å². The van der Waals surface area contributed by atoms with E-state index >= 15 is 0 Å². The Bertz CT molecular complexity index is 975. The molecular weight excluding hydrogens is 373 g/mol. The largest absolute Gasteiger partial charge is 0.465 e. The molecule has 28 heavy (non-hydrogen) atoms. The van der Waals surface area contributed by atoms with Crippen LogP contribution in [0, 0.1) is 0 Å². The second-order valence-electron chi connectivity index (χ2n) is 5.65. The van der Waals surface area contributed by atoms with Crippen LogP contribution in [0.5, 0.6) is 0 Å². The Labute approximate surface area is 158 Å². The van der Waals surface area contributed by atoms with Crippen LogP contribution in [0.3, 0.4) is 0 Å². The minimum absolute atomic E-state index is 0.109. The van der Waals surface area contributed by atoms with Crippen LogP contribution in [0.25, 0.3) is 0 Å². The normalized spacial score (nSPS) is 11.0. The fourth-order valence-corrected chi connectivity index (χ4v) is 2.43. The molecule has 0 spiro atoms. The molecule has 0 saturated carbocycles. The van der Waals surface area contributed by atoms with Crippen LogP contribution in [0.15, 0.2) is 60.9 Å². The van der Waals surface area contributed by atoms with Crippen molar-refractivity contribution in [1.82, 2.24) is 9.97 Å². The number of methoxy groups -OCH3 is 1. The number of nitrogens with one attached hydrogen (secondary N) is 2. The molecule has 0 amide bonds. The van der Waals surface area contributed by atoms with Crippen molar-refractivity contribution in [3.63, 3.8) is 0 Å². The lowest BCUT2D eigenvalue weighted by atomic mass is 10.1. The summed E-state index contributed by atoms with van der Waals surface area (Å²) >= 11 is 0. The quantitative estimate of drug-likeness (QED) is 0.614. The van der Waals surface area contributed by atoms with E-state index in [0.29, 0.717) is 17.1 Å². The number of rotatable bonds is 5. The molecule has 9 heteroatoms. The van der Waals surface area contributed by atoms with Crippen molar-refractivity contribution in [1.29, 1.82) is 0 Å². The van der Waals surface area contributed by atoms with Crippen LogP contribution in [0.2, 0.25) is 0 Å². The van der Waals surface area contributed by atoms with E-state index in [1.54, 1.807) is 24.3 Å². The molecule has 144 valence electrons. The molecule has 0 bridgehead atoms. The highest BCUT2D eigenvalue weighted by atomic mass is 19.4. The second-order valence-corrected chi connectivity index (χ2v) is 5.65. The molecule has 0 aliphatic rings. The maximum atomic E-state index is 13.1. The fourth-order valence-electron chi connectivity index (χ4n) is 2.43. The summed E-state index contributed by atoms with van der Waals surface area (Å²) in [4.78, 5) is 19.4. The van der Waals surface area contributed by atoms with Gasteiger partial charge in [-0.05, 0) is 36.4 Å². The molecule has 0 aliphatic heterocycles. The highest BCUT2D eigenvalue weighted by Crippen LogP contribution is 2.35. The Morgan fingerprint density at radius 3 is 2.25 bits per heavy atom. The zero-order valence-corrected chi connectivity index (χ0v) is 14.6. The first-order valence-corrected chi connectivity index (χ1v) is 8.07. The third-order valence-corrected chi connectivity index (χ3v) is 3.74. The van der Waals surface area contributed by atoms with E-state index in [4.69, 9.17) is 0 Å². The van der Waals surface area contributed by atoms with Gasteiger partial charge in [-0.25, -0.2) is 14.8 Å². The Kier molecular flexibility index (Phi) is 5.44. The Morgan fingerprint density at radius 2 is 1.61 bits per heavy atom. The second kappa shape index (κ2) is 7.95. The summed E-state index contributed by atoms with van der Waals surface area (Å²) < 4.78 is 44.0. The zero-order valence-electron chi connectivity index (χ0n) is 14.6. The van der Waals surface area contributed by atoms with Crippen molar-refractivity contribution in [2.24, 2.45) is 0 Å². The summed E-state index contributed by atoms with van der Waals surface area (Å²) in [5, 5.41) is 5.66. The smallest absolute Gasteiger partial charge is 0.418 e. The van der Waals surface area contributed by atoms with Gasteiger partial charge in [0.05, 0.1) is 23.9 Å². The van der Waals surface area contributed by atoms with Gasteiger partial charge in [0.2, 0.25) is 0 Å². The maximum absolute atomic E-state index is 13.1. The van der Waals surface area contributed by atoms with Crippen LogP contribution in [-0.4, -0.2) is 23.0 Å². The summed E-state index contributed by atoms with van der Waals surface area (Å²) in [5.74, 6) is 0.108. The molecular formula is C19H15F3N4O2. The van der Waals surface area contributed by atoms with Crippen molar-refractivity contribution < 1.29 is 22.7 Å². The average molecular weight is 388 g/mol. The number of para-hydroxylation sites is 1. The number of anilines is 4. The van der Waals surface area contributed by atoms with Crippen molar-refractivity contribution in [3.05, 3.63) is 72.1 Å². The lowest BCUT2D eigenvalue weighted by molar-refractivity contribution is -0.136. The number of aromatic nitrogens is 2. The van der Waals surface area contributed by atoms with Gasteiger partial charge in [-0.15, -0.1) is 0 Å². The number of halogens is 3. The number of alkyl halides is 3. The number of hydrogen-bond acceptors (Lipinski definition) is 6. The topological polar surface area (TPSA) is 76.1 Å². The van der Waals surface area contributed by atoms with Crippen molar-refractivity contribution in [2.75, 3.05) is 17.7 Å². The first-order valence-electron chi connectivity index (χ1n) is 8.07. The molecule has 2 aromatic carbocycles. The highest BCUT2D eigenvalue weighted by Gasteiger charge is 2.33. The van der Waals surface area contributed by atoms with Gasteiger partial charge in [-0.2, -0.15) is 13.2 Å². The van der Waals surface area contributed by atoms with Crippen molar-refractivity contribution in [2.45, 2.75) is 6.18 Å². The van der Waals surface area contributed by atoms with Gasteiger partial charge in [0.25, 0.3) is 0 Å². The predicted octanol–water partition coefficient (Wildman–Crippen LogP) is 4.77. The van der Waals surface area contributed by atoms with Crippen LogP contribution < -0.4 is 10.6 Å². The van der Waals surface area contributed by atoms with Gasteiger partial charge >= 0.3 is 12.1 Å². The van der Waals surface area contributed by atoms with E-state index in [-0.39, 0.29) is 11.5 Å². The highest BCUT2D eigenvalue weighted by molar-refractivity contribution is 5.89. The number of nitrogens with zero attached hydrogens (tertiary/aromatic N) is 2. The van der Waals surface area contributed by atoms with Crippen LogP contribution in [0.4, 0.5) is 36.2 Å². The van der Waals surface area contributed by atoms with Gasteiger partial charge in [0.1, 0.15) is 18.0 Å². The summed E-state index contributed by atoms with van der Waals surface area (Å²) in [7, 11) is 1.29. The summed E-state index contributed by atoms with van der Waals surface area (Å²) in [6.45, 7) is 0. The number of ether oxygens (including phenoxy) is 1. The van der Waals surface area contributed by atoms with Crippen molar-refractivity contribution in [3.8, 4) is 0 Å².